The van der Waals surface area contributed by atoms with Gasteiger partial charge in [0.2, 0.25) is 11.8 Å². The number of hydrogen-bond acceptors (Lipinski definition) is 5. The van der Waals surface area contributed by atoms with Gasteiger partial charge in [-0.05, 0) is 36.8 Å². The minimum atomic E-state index is -0.125. The molecule has 1 aliphatic rings. The molecule has 0 aromatic heterocycles. The van der Waals surface area contributed by atoms with Crippen LogP contribution >= 0.6 is 0 Å². The summed E-state index contributed by atoms with van der Waals surface area (Å²) >= 11 is 0. The van der Waals surface area contributed by atoms with Crippen LogP contribution in [0.15, 0.2) is 59.7 Å². The fourth-order valence-corrected chi connectivity index (χ4v) is 3.42. The number of para-hydroxylation sites is 1. The van der Waals surface area contributed by atoms with Crippen LogP contribution in [-0.4, -0.2) is 55.1 Å². The summed E-state index contributed by atoms with van der Waals surface area (Å²) in [5, 5.41) is 6.95. The number of carbonyl (C=O) groups is 2. The number of piperazine rings is 1. The van der Waals surface area contributed by atoms with Crippen molar-refractivity contribution in [2.75, 3.05) is 42.9 Å². The van der Waals surface area contributed by atoms with Gasteiger partial charge in [-0.3, -0.25) is 14.5 Å². The molecule has 2 N–H and O–H groups in total. The van der Waals surface area contributed by atoms with Gasteiger partial charge in [0.05, 0.1) is 5.71 Å². The molecule has 2 aromatic carbocycles. The predicted molar refractivity (Wildman–Crippen MR) is 121 cm³/mol. The lowest BCUT2D eigenvalue weighted by Crippen LogP contribution is -2.47. The molecule has 1 heterocycles. The van der Waals surface area contributed by atoms with E-state index in [0.717, 1.165) is 38.3 Å². The fraction of sp³-hybridized carbons (Fsp3) is 0.348. The second-order valence-electron chi connectivity index (χ2n) is 7.41. The molecule has 0 bridgehead atoms. The largest absolute Gasteiger partial charge is 0.369 e. The Morgan fingerprint density at radius 2 is 1.70 bits per heavy atom. The topological polar surface area (TPSA) is 77.0 Å². The lowest BCUT2D eigenvalue weighted by atomic mass is 10.1. The Hall–Kier alpha value is -3.19. The zero-order chi connectivity index (χ0) is 21.3. The molecule has 0 radical (unpaired) electrons. The zero-order valence-electron chi connectivity index (χ0n) is 17.6. The van der Waals surface area contributed by atoms with Gasteiger partial charge in [0.15, 0.2) is 0 Å². The lowest BCUT2D eigenvalue weighted by Gasteiger charge is -2.36. The van der Waals surface area contributed by atoms with Crippen LogP contribution < -0.4 is 15.6 Å². The molecule has 0 atom stereocenters. The average Bonchev–Trinajstić information content (AvgIpc) is 2.76. The van der Waals surface area contributed by atoms with Crippen molar-refractivity contribution < 1.29 is 9.59 Å². The smallest absolute Gasteiger partial charge is 0.241 e. The van der Waals surface area contributed by atoms with Crippen molar-refractivity contribution in [1.29, 1.82) is 0 Å². The standard InChI is InChI=1S/C23H29N5O2/c1-18(20-7-6-8-21(17-20)24-19(2)29)25-26-23(30)11-12-27-13-15-28(16-14-27)22-9-4-3-5-10-22/h3-10,17H,11-16H2,1-2H3,(H,24,29)(H,26,30)/b25-18-. The maximum Gasteiger partial charge on any atom is 0.241 e. The summed E-state index contributed by atoms with van der Waals surface area (Å²) in [6.45, 7) is 7.84. The minimum Gasteiger partial charge on any atom is -0.369 e. The summed E-state index contributed by atoms with van der Waals surface area (Å²) in [4.78, 5) is 28.1. The number of anilines is 2. The highest BCUT2D eigenvalue weighted by Gasteiger charge is 2.17. The number of hydrazone groups is 1. The second kappa shape index (κ2) is 10.5. The van der Waals surface area contributed by atoms with E-state index in [-0.39, 0.29) is 11.8 Å². The Balaban J connectivity index is 1.42. The molecule has 1 saturated heterocycles. The number of carbonyl (C=O) groups excluding carboxylic acids is 2. The molecule has 1 aliphatic heterocycles. The van der Waals surface area contributed by atoms with Gasteiger partial charge in [0, 0.05) is 57.4 Å². The molecule has 0 aliphatic carbocycles. The van der Waals surface area contributed by atoms with Gasteiger partial charge in [-0.15, -0.1) is 0 Å². The molecule has 0 spiro atoms. The highest BCUT2D eigenvalue weighted by Crippen LogP contribution is 2.15. The number of hydrogen-bond donors (Lipinski definition) is 2. The number of nitrogens with zero attached hydrogens (tertiary/aromatic N) is 3. The maximum atomic E-state index is 12.2. The Morgan fingerprint density at radius 1 is 0.967 bits per heavy atom. The molecule has 7 nitrogen and oxygen atoms in total. The highest BCUT2D eigenvalue weighted by molar-refractivity contribution is 6.00. The van der Waals surface area contributed by atoms with Crippen molar-refractivity contribution >= 4 is 28.9 Å². The first-order valence-electron chi connectivity index (χ1n) is 10.2. The van der Waals surface area contributed by atoms with Gasteiger partial charge in [-0.2, -0.15) is 5.10 Å². The fourth-order valence-electron chi connectivity index (χ4n) is 3.42. The van der Waals surface area contributed by atoms with E-state index in [2.05, 4.69) is 49.9 Å². The molecule has 30 heavy (non-hydrogen) atoms. The molecule has 7 heteroatoms. The van der Waals surface area contributed by atoms with Gasteiger partial charge in [-0.1, -0.05) is 30.3 Å². The van der Waals surface area contributed by atoms with E-state index < -0.39 is 0 Å². The van der Waals surface area contributed by atoms with E-state index in [0.29, 0.717) is 17.8 Å². The first-order valence-corrected chi connectivity index (χ1v) is 10.2. The van der Waals surface area contributed by atoms with E-state index in [9.17, 15) is 9.59 Å². The van der Waals surface area contributed by atoms with E-state index in [4.69, 9.17) is 0 Å². The third-order valence-corrected chi connectivity index (χ3v) is 5.10. The van der Waals surface area contributed by atoms with Crippen molar-refractivity contribution in [2.24, 2.45) is 5.10 Å². The molecule has 3 rings (SSSR count). The maximum absolute atomic E-state index is 12.2. The number of rotatable bonds is 7. The molecule has 1 fully saturated rings. The quantitative estimate of drug-likeness (QED) is 0.547. The number of benzene rings is 2. The third-order valence-electron chi connectivity index (χ3n) is 5.10. The molecule has 2 amide bonds. The molecule has 158 valence electrons. The molecular weight excluding hydrogens is 378 g/mol. The van der Waals surface area contributed by atoms with E-state index in [1.165, 1.54) is 12.6 Å². The summed E-state index contributed by atoms with van der Waals surface area (Å²) in [6.07, 6.45) is 0.411. The van der Waals surface area contributed by atoms with Crippen LogP contribution in [0, 0.1) is 0 Å². The summed E-state index contributed by atoms with van der Waals surface area (Å²) in [5.74, 6) is -0.225. The van der Waals surface area contributed by atoms with Gasteiger partial charge >= 0.3 is 0 Å². The van der Waals surface area contributed by atoms with Gasteiger partial charge in [0.25, 0.3) is 0 Å². The van der Waals surface area contributed by atoms with Crippen LogP contribution in [0.4, 0.5) is 11.4 Å². The summed E-state index contributed by atoms with van der Waals surface area (Å²) in [6, 6.07) is 17.8. The van der Waals surface area contributed by atoms with Crippen molar-refractivity contribution in [3.63, 3.8) is 0 Å². The molecule has 0 saturated carbocycles. The minimum absolute atomic E-state index is 0.0992. The SMILES string of the molecule is CC(=O)Nc1cccc(/C(C)=N\NC(=O)CCN2CCN(c3ccccc3)CC2)c1. The molecule has 0 unspecified atom stereocenters. The summed E-state index contributed by atoms with van der Waals surface area (Å²) in [5.41, 5.74) is 6.13. The van der Waals surface area contributed by atoms with Crippen LogP contribution in [0.25, 0.3) is 0 Å². The number of nitrogens with one attached hydrogen (secondary N) is 2. The molecular formula is C23H29N5O2. The monoisotopic (exact) mass is 407 g/mol. The Kier molecular flexibility index (Phi) is 7.57. The van der Waals surface area contributed by atoms with Crippen LogP contribution in [-0.2, 0) is 9.59 Å². The summed E-state index contributed by atoms with van der Waals surface area (Å²) in [7, 11) is 0. The van der Waals surface area contributed by atoms with Gasteiger partial charge in [-0.25, -0.2) is 5.43 Å². The van der Waals surface area contributed by atoms with Crippen molar-refractivity contribution in [2.45, 2.75) is 20.3 Å². The van der Waals surface area contributed by atoms with Gasteiger partial charge < -0.3 is 10.2 Å². The first kappa shape index (κ1) is 21.5. The Labute approximate surface area is 177 Å². The third kappa shape index (κ3) is 6.42. The normalized spacial score (nSPS) is 15.0. The molecule has 2 aromatic rings. The van der Waals surface area contributed by atoms with Crippen molar-refractivity contribution in [1.82, 2.24) is 10.3 Å². The predicted octanol–water partition coefficient (Wildman–Crippen LogP) is 2.70. The van der Waals surface area contributed by atoms with Crippen LogP contribution in [0.5, 0.6) is 0 Å². The van der Waals surface area contributed by atoms with Crippen LogP contribution in [0.3, 0.4) is 0 Å². The van der Waals surface area contributed by atoms with Gasteiger partial charge in [0.1, 0.15) is 0 Å². The summed E-state index contributed by atoms with van der Waals surface area (Å²) < 4.78 is 0. The zero-order valence-corrected chi connectivity index (χ0v) is 17.6. The van der Waals surface area contributed by atoms with E-state index in [1.54, 1.807) is 0 Å². The highest BCUT2D eigenvalue weighted by atomic mass is 16.2. The average molecular weight is 408 g/mol. The van der Waals surface area contributed by atoms with E-state index in [1.807, 2.05) is 37.3 Å². The Bertz CT molecular complexity index is 889. The second-order valence-corrected chi connectivity index (χ2v) is 7.41. The van der Waals surface area contributed by atoms with Crippen LogP contribution in [0.2, 0.25) is 0 Å². The number of amides is 2. The Morgan fingerprint density at radius 3 is 2.40 bits per heavy atom. The van der Waals surface area contributed by atoms with Crippen LogP contribution in [0.1, 0.15) is 25.8 Å². The van der Waals surface area contributed by atoms with E-state index >= 15 is 0 Å². The van der Waals surface area contributed by atoms with Crippen molar-refractivity contribution in [3.8, 4) is 0 Å². The van der Waals surface area contributed by atoms with Crippen molar-refractivity contribution in [3.05, 3.63) is 60.2 Å². The lowest BCUT2D eigenvalue weighted by molar-refractivity contribution is -0.121. The first-order chi connectivity index (χ1) is 14.5.